The van der Waals surface area contributed by atoms with E-state index in [1.165, 1.54) is 0 Å². The van der Waals surface area contributed by atoms with E-state index in [1.54, 1.807) is 20.1 Å². The molecule has 0 heterocycles. The van der Waals surface area contributed by atoms with Gasteiger partial charge in [0.2, 0.25) is 0 Å². The number of ether oxygens (including phenoxy) is 3. The van der Waals surface area contributed by atoms with Gasteiger partial charge in [-0.1, -0.05) is 48.5 Å². The maximum atomic E-state index is 12.7. The summed E-state index contributed by atoms with van der Waals surface area (Å²) < 4.78 is 15.9. The van der Waals surface area contributed by atoms with E-state index in [1.807, 2.05) is 75.4 Å². The summed E-state index contributed by atoms with van der Waals surface area (Å²) in [6.07, 6.45) is 2.09. The molecule has 0 bridgehead atoms. The average Bonchev–Trinajstić information content (AvgIpc) is 2.73. The van der Waals surface area contributed by atoms with Crippen molar-refractivity contribution in [3.05, 3.63) is 77.4 Å². The molecule has 0 saturated heterocycles. The minimum absolute atomic E-state index is 0.266. The monoisotopic (exact) mass is 439 g/mol. The largest absolute Gasteiger partial charge is 0.497 e. The Morgan fingerprint density at radius 3 is 2.22 bits per heavy atom. The fourth-order valence-electron chi connectivity index (χ4n) is 3.11. The topological polar surface area (TPSA) is 73.9 Å². The number of carbonyl (C=O) groups is 2. The molecule has 2 aromatic carbocycles. The molecule has 1 amide bonds. The van der Waals surface area contributed by atoms with Crippen LogP contribution in [0.5, 0.6) is 5.75 Å². The Hall–Kier alpha value is -3.28. The molecule has 2 aromatic rings. The van der Waals surface area contributed by atoms with E-state index in [2.05, 4.69) is 5.32 Å². The van der Waals surface area contributed by atoms with Gasteiger partial charge in [-0.15, -0.1) is 0 Å². The molecule has 32 heavy (non-hydrogen) atoms. The summed E-state index contributed by atoms with van der Waals surface area (Å²) in [6, 6.07) is 16.8. The van der Waals surface area contributed by atoms with E-state index < -0.39 is 23.7 Å². The molecular formula is C26H33NO5. The highest BCUT2D eigenvalue weighted by molar-refractivity contribution is 5.89. The van der Waals surface area contributed by atoms with Gasteiger partial charge in [0, 0.05) is 12.0 Å². The van der Waals surface area contributed by atoms with E-state index in [0.717, 1.165) is 16.9 Å². The molecule has 6 heteroatoms. The Bertz CT molecular complexity index is 898. The van der Waals surface area contributed by atoms with Crippen LogP contribution in [-0.4, -0.2) is 37.4 Å². The third-order valence-electron chi connectivity index (χ3n) is 4.49. The van der Waals surface area contributed by atoms with Crippen molar-refractivity contribution in [3.63, 3.8) is 0 Å². The third kappa shape index (κ3) is 8.84. The van der Waals surface area contributed by atoms with Gasteiger partial charge in [-0.25, -0.2) is 9.59 Å². The average molecular weight is 440 g/mol. The van der Waals surface area contributed by atoms with Gasteiger partial charge in [0.1, 0.15) is 11.4 Å². The highest BCUT2D eigenvalue weighted by atomic mass is 16.6. The minimum Gasteiger partial charge on any atom is -0.497 e. The van der Waals surface area contributed by atoms with Crippen molar-refractivity contribution < 1.29 is 23.8 Å². The highest BCUT2D eigenvalue weighted by Gasteiger charge is 2.21. The fraction of sp³-hybridized carbons (Fsp3) is 0.385. The molecule has 0 aliphatic rings. The molecular weight excluding hydrogens is 406 g/mol. The van der Waals surface area contributed by atoms with Crippen molar-refractivity contribution in [1.82, 2.24) is 5.32 Å². The van der Waals surface area contributed by atoms with Crippen molar-refractivity contribution in [2.45, 2.75) is 52.2 Å². The van der Waals surface area contributed by atoms with Crippen LogP contribution in [0.4, 0.5) is 4.79 Å². The molecule has 172 valence electrons. The summed E-state index contributed by atoms with van der Waals surface area (Å²) in [5.74, 6) is 0.330. The van der Waals surface area contributed by atoms with Crippen molar-refractivity contribution in [2.24, 2.45) is 0 Å². The van der Waals surface area contributed by atoms with Gasteiger partial charge in [-0.3, -0.25) is 0 Å². The lowest BCUT2D eigenvalue weighted by Crippen LogP contribution is -2.39. The minimum atomic E-state index is -0.627. The van der Waals surface area contributed by atoms with Crippen LogP contribution in [0.25, 0.3) is 0 Å². The molecule has 0 radical (unpaired) electrons. The van der Waals surface area contributed by atoms with Gasteiger partial charge in [0.05, 0.1) is 19.8 Å². The highest BCUT2D eigenvalue weighted by Crippen LogP contribution is 2.17. The molecule has 1 N–H and O–H groups in total. The number of carbonyl (C=O) groups excluding carboxylic acids is 2. The number of amides is 1. The third-order valence-corrected chi connectivity index (χ3v) is 4.49. The standard InChI is InChI=1S/C26H33NO5/c1-6-31-24(28)21(16-20-12-14-23(30-5)15-13-20)18-22(17-19-10-8-7-9-11-19)27-25(29)32-26(2,3)4/h7-15,18,22H,6,16-17H2,1-5H3,(H,27,29)/b21-18+/t22-/m0/s1. The van der Waals surface area contributed by atoms with E-state index in [9.17, 15) is 9.59 Å². The molecule has 0 aliphatic heterocycles. The number of hydrogen-bond acceptors (Lipinski definition) is 5. The van der Waals surface area contributed by atoms with Crippen LogP contribution in [0.1, 0.15) is 38.8 Å². The predicted octanol–water partition coefficient (Wildman–Crippen LogP) is 4.86. The zero-order chi connectivity index (χ0) is 23.6. The van der Waals surface area contributed by atoms with Crippen LogP contribution in [0, 0.1) is 0 Å². The lowest BCUT2D eigenvalue weighted by atomic mass is 9.99. The van der Waals surface area contributed by atoms with E-state index >= 15 is 0 Å². The first-order valence-electron chi connectivity index (χ1n) is 10.7. The van der Waals surface area contributed by atoms with Crippen LogP contribution < -0.4 is 10.1 Å². The van der Waals surface area contributed by atoms with Crippen molar-refractivity contribution >= 4 is 12.1 Å². The Morgan fingerprint density at radius 1 is 1.00 bits per heavy atom. The van der Waals surface area contributed by atoms with Crippen LogP contribution >= 0.6 is 0 Å². The van der Waals surface area contributed by atoms with E-state index in [4.69, 9.17) is 14.2 Å². The molecule has 0 spiro atoms. The lowest BCUT2D eigenvalue weighted by molar-refractivity contribution is -0.138. The summed E-state index contributed by atoms with van der Waals surface area (Å²) in [6.45, 7) is 7.46. The van der Waals surface area contributed by atoms with Gasteiger partial charge in [-0.05, 0) is 57.4 Å². The molecule has 2 rings (SSSR count). The molecule has 0 saturated carbocycles. The Morgan fingerprint density at radius 2 is 1.66 bits per heavy atom. The van der Waals surface area contributed by atoms with E-state index in [0.29, 0.717) is 18.4 Å². The molecule has 6 nitrogen and oxygen atoms in total. The van der Waals surface area contributed by atoms with Crippen LogP contribution in [0.2, 0.25) is 0 Å². The van der Waals surface area contributed by atoms with Crippen molar-refractivity contribution in [1.29, 1.82) is 0 Å². The second-order valence-corrected chi connectivity index (χ2v) is 8.38. The normalized spacial score (nSPS) is 12.6. The number of rotatable bonds is 9. The van der Waals surface area contributed by atoms with Crippen LogP contribution in [0.15, 0.2) is 66.2 Å². The SMILES string of the molecule is CCOC(=O)/C(=C/[C@H](Cc1ccccc1)NC(=O)OC(C)(C)C)Cc1ccc(OC)cc1. The van der Waals surface area contributed by atoms with Gasteiger partial charge < -0.3 is 19.5 Å². The van der Waals surface area contributed by atoms with Crippen LogP contribution in [-0.2, 0) is 27.1 Å². The molecule has 0 unspecified atom stereocenters. The molecule has 0 aliphatic carbocycles. The summed E-state index contributed by atoms with van der Waals surface area (Å²) >= 11 is 0. The first-order chi connectivity index (χ1) is 15.2. The second-order valence-electron chi connectivity index (χ2n) is 8.38. The zero-order valence-electron chi connectivity index (χ0n) is 19.5. The summed E-state index contributed by atoms with van der Waals surface area (Å²) in [7, 11) is 1.61. The molecule has 0 fully saturated rings. The number of hydrogen-bond donors (Lipinski definition) is 1. The maximum Gasteiger partial charge on any atom is 0.408 e. The predicted molar refractivity (Wildman–Crippen MR) is 125 cm³/mol. The number of esters is 1. The molecule has 1 atom stereocenters. The van der Waals surface area contributed by atoms with Gasteiger partial charge in [0.25, 0.3) is 0 Å². The van der Waals surface area contributed by atoms with Gasteiger partial charge in [0.15, 0.2) is 0 Å². The van der Waals surface area contributed by atoms with Gasteiger partial charge in [-0.2, -0.15) is 0 Å². The quantitative estimate of drug-likeness (QED) is 0.446. The first-order valence-corrected chi connectivity index (χ1v) is 10.7. The summed E-state index contributed by atoms with van der Waals surface area (Å²) in [5.41, 5.74) is 1.80. The second kappa shape index (κ2) is 11.9. The summed E-state index contributed by atoms with van der Waals surface area (Å²) in [4.78, 5) is 25.2. The first kappa shape index (κ1) is 25.0. The number of benzene rings is 2. The zero-order valence-corrected chi connectivity index (χ0v) is 19.5. The van der Waals surface area contributed by atoms with Gasteiger partial charge >= 0.3 is 12.1 Å². The van der Waals surface area contributed by atoms with Crippen LogP contribution in [0.3, 0.4) is 0 Å². The Balaban J connectivity index is 2.32. The maximum absolute atomic E-state index is 12.7. The number of alkyl carbamates (subject to hydrolysis) is 1. The fourth-order valence-corrected chi connectivity index (χ4v) is 3.11. The smallest absolute Gasteiger partial charge is 0.408 e. The number of methoxy groups -OCH3 is 1. The van der Waals surface area contributed by atoms with Crippen molar-refractivity contribution in [2.75, 3.05) is 13.7 Å². The molecule has 0 aromatic heterocycles. The van der Waals surface area contributed by atoms with Crippen molar-refractivity contribution in [3.8, 4) is 5.75 Å². The number of nitrogens with one attached hydrogen (secondary N) is 1. The lowest BCUT2D eigenvalue weighted by Gasteiger charge is -2.23. The Labute approximate surface area is 190 Å². The Kier molecular flexibility index (Phi) is 9.32. The summed E-state index contributed by atoms with van der Waals surface area (Å²) in [5, 5.41) is 2.89. The van der Waals surface area contributed by atoms with E-state index in [-0.39, 0.29) is 6.61 Å².